The maximum Gasteiger partial charge on any atom is 0.412 e. The normalized spacial score (nSPS) is 10.3. The van der Waals surface area contributed by atoms with Gasteiger partial charge < -0.3 is 10.1 Å². The minimum atomic E-state index is -0.482. The van der Waals surface area contributed by atoms with Gasteiger partial charge in [-0.05, 0) is 34.7 Å². The molecule has 0 aliphatic rings. The number of nitrogens with one attached hydrogen (secondary N) is 1. The summed E-state index contributed by atoms with van der Waals surface area (Å²) < 4.78 is 7.80. The molecule has 0 saturated heterocycles. The van der Waals surface area contributed by atoms with Crippen LogP contribution in [0, 0.1) is 3.70 Å². The molecule has 0 radical (unpaired) electrons. The first-order valence-electron chi connectivity index (χ1n) is 4.23. The summed E-state index contributed by atoms with van der Waals surface area (Å²) in [6.45, 7) is 0. The number of nitrogens with zero attached hydrogens (tertiary/aromatic N) is 2. The van der Waals surface area contributed by atoms with E-state index in [0.717, 1.165) is 9.35 Å². The molecule has 0 atom stereocenters. The van der Waals surface area contributed by atoms with Crippen LogP contribution >= 0.6 is 22.6 Å². The van der Waals surface area contributed by atoms with Crippen molar-refractivity contribution < 1.29 is 9.53 Å². The number of hydrogen-bond donors (Lipinski definition) is 1. The van der Waals surface area contributed by atoms with Gasteiger partial charge in [-0.2, -0.15) is 0 Å². The van der Waals surface area contributed by atoms with Crippen molar-refractivity contribution in [3.8, 4) is 5.75 Å². The third kappa shape index (κ3) is 2.04. The van der Waals surface area contributed by atoms with Crippen LogP contribution in [-0.2, 0) is 0 Å². The highest BCUT2D eigenvalue weighted by Crippen LogP contribution is 2.15. The average molecular weight is 317 g/mol. The number of imidazole rings is 1. The van der Waals surface area contributed by atoms with E-state index in [2.05, 4.69) is 32.9 Å². The summed E-state index contributed by atoms with van der Waals surface area (Å²) in [6, 6.07) is 3.49. The number of carbonyl (C=O) groups excluding carboxylic acids is 1. The molecule has 0 saturated carbocycles. The first-order chi connectivity index (χ1) is 7.20. The van der Waals surface area contributed by atoms with Gasteiger partial charge in [-0.15, -0.1) is 0 Å². The third-order valence-electron chi connectivity index (χ3n) is 1.85. The summed E-state index contributed by atoms with van der Waals surface area (Å²) in [7, 11) is 1.52. The van der Waals surface area contributed by atoms with Crippen molar-refractivity contribution >= 4 is 34.3 Å². The molecule has 1 N–H and O–H groups in total. The zero-order valence-corrected chi connectivity index (χ0v) is 10.1. The van der Waals surface area contributed by atoms with E-state index in [1.807, 2.05) is 4.40 Å². The quantitative estimate of drug-likeness (QED) is 0.814. The van der Waals surface area contributed by atoms with Gasteiger partial charge in [-0.3, -0.25) is 4.40 Å². The van der Waals surface area contributed by atoms with Crippen LogP contribution in [0.5, 0.6) is 5.75 Å². The number of hydrogen-bond acceptors (Lipinski definition) is 3. The minimum absolute atomic E-state index is 0.482. The molecule has 2 heterocycles. The topological polar surface area (TPSA) is 55.6 Å². The Hall–Kier alpha value is -1.31. The van der Waals surface area contributed by atoms with Crippen molar-refractivity contribution in [3.05, 3.63) is 28.2 Å². The van der Waals surface area contributed by atoms with E-state index in [-0.39, 0.29) is 0 Å². The molecule has 2 rings (SSSR count). The van der Waals surface area contributed by atoms with E-state index < -0.39 is 6.09 Å². The maximum absolute atomic E-state index is 11.0. The third-order valence-corrected chi connectivity index (χ3v) is 2.65. The van der Waals surface area contributed by atoms with E-state index in [9.17, 15) is 4.79 Å². The van der Waals surface area contributed by atoms with Crippen molar-refractivity contribution in [1.29, 1.82) is 0 Å². The summed E-state index contributed by atoms with van der Waals surface area (Å²) in [5.41, 5.74) is 0.823. The Morgan fingerprint density at radius 1 is 1.60 bits per heavy atom. The Labute approximate surface area is 99.6 Å². The number of amides is 1. The van der Waals surface area contributed by atoms with Crippen molar-refractivity contribution in [2.75, 3.05) is 7.05 Å². The molecule has 78 valence electrons. The molecule has 2 aromatic heterocycles. The predicted octanol–water partition coefficient (Wildman–Crippen LogP) is 1.66. The van der Waals surface area contributed by atoms with E-state index in [1.165, 1.54) is 7.05 Å². The first kappa shape index (κ1) is 10.2. The van der Waals surface area contributed by atoms with Crippen molar-refractivity contribution in [2.24, 2.45) is 0 Å². The molecular weight excluding hydrogens is 309 g/mol. The minimum Gasteiger partial charge on any atom is -0.409 e. The molecule has 0 bridgehead atoms. The van der Waals surface area contributed by atoms with Crippen LogP contribution in [0.2, 0.25) is 0 Å². The highest BCUT2D eigenvalue weighted by atomic mass is 127. The summed E-state index contributed by atoms with van der Waals surface area (Å²) >= 11 is 2.16. The Bertz CT molecular complexity index is 509. The zero-order chi connectivity index (χ0) is 10.8. The highest BCUT2D eigenvalue weighted by molar-refractivity contribution is 14.1. The van der Waals surface area contributed by atoms with Crippen molar-refractivity contribution in [2.45, 2.75) is 0 Å². The zero-order valence-electron chi connectivity index (χ0n) is 7.90. The molecule has 0 aromatic carbocycles. The fourth-order valence-corrected chi connectivity index (χ4v) is 1.68. The molecule has 0 spiro atoms. The molecule has 5 nitrogen and oxygen atoms in total. The Morgan fingerprint density at radius 2 is 2.40 bits per heavy atom. The van der Waals surface area contributed by atoms with E-state index in [4.69, 9.17) is 4.74 Å². The molecule has 6 heteroatoms. The number of fused-ring (bicyclic) bond motifs is 1. The van der Waals surface area contributed by atoms with Crippen molar-refractivity contribution in [3.63, 3.8) is 0 Å². The van der Waals surface area contributed by atoms with Crippen LogP contribution < -0.4 is 10.1 Å². The van der Waals surface area contributed by atoms with Crippen molar-refractivity contribution in [1.82, 2.24) is 14.7 Å². The van der Waals surface area contributed by atoms with Gasteiger partial charge in [-0.1, -0.05) is 0 Å². The fraction of sp³-hybridized carbons (Fsp3) is 0.111. The lowest BCUT2D eigenvalue weighted by Crippen LogP contribution is -2.22. The molecule has 0 aliphatic carbocycles. The number of aromatic nitrogens is 2. The van der Waals surface area contributed by atoms with Crippen LogP contribution in [0.4, 0.5) is 4.79 Å². The van der Waals surface area contributed by atoms with Crippen LogP contribution in [0.1, 0.15) is 0 Å². The van der Waals surface area contributed by atoms with Gasteiger partial charge in [0.1, 0.15) is 15.1 Å². The average Bonchev–Trinajstić information content (AvgIpc) is 2.60. The summed E-state index contributed by atoms with van der Waals surface area (Å²) in [5, 5.41) is 2.38. The lowest BCUT2D eigenvalue weighted by atomic mass is 10.4. The molecule has 0 fully saturated rings. The molecule has 15 heavy (non-hydrogen) atoms. The number of pyridine rings is 1. The summed E-state index contributed by atoms with van der Waals surface area (Å²) in [6.07, 6.45) is 2.99. The molecule has 2 aromatic rings. The van der Waals surface area contributed by atoms with Gasteiger partial charge in [0.2, 0.25) is 0 Å². The largest absolute Gasteiger partial charge is 0.412 e. The number of carbonyl (C=O) groups is 1. The molecular formula is C9H8IN3O2. The van der Waals surface area contributed by atoms with Crippen LogP contribution in [-0.4, -0.2) is 22.5 Å². The number of ether oxygens (including phenoxy) is 1. The van der Waals surface area contributed by atoms with Crippen LogP contribution in [0.25, 0.3) is 5.65 Å². The smallest absolute Gasteiger partial charge is 0.409 e. The Kier molecular flexibility index (Phi) is 2.76. The van der Waals surface area contributed by atoms with Gasteiger partial charge >= 0.3 is 6.09 Å². The Balaban J connectivity index is 2.37. The van der Waals surface area contributed by atoms with Gasteiger partial charge in [0, 0.05) is 7.05 Å². The van der Waals surface area contributed by atoms with Crippen LogP contribution in [0.15, 0.2) is 24.5 Å². The molecule has 0 aliphatic heterocycles. The lowest BCUT2D eigenvalue weighted by molar-refractivity contribution is 0.202. The van der Waals surface area contributed by atoms with Gasteiger partial charge in [0.05, 0.1) is 12.4 Å². The monoisotopic (exact) mass is 317 g/mol. The maximum atomic E-state index is 11.0. The van der Waals surface area contributed by atoms with E-state index in [0.29, 0.717) is 5.75 Å². The fourth-order valence-electron chi connectivity index (χ4n) is 1.15. The number of rotatable bonds is 1. The van der Waals surface area contributed by atoms with Gasteiger partial charge in [0.15, 0.2) is 0 Å². The predicted molar refractivity (Wildman–Crippen MR) is 63.0 cm³/mol. The second-order valence-electron chi connectivity index (χ2n) is 2.81. The highest BCUT2D eigenvalue weighted by Gasteiger charge is 2.04. The van der Waals surface area contributed by atoms with Gasteiger partial charge in [0.25, 0.3) is 0 Å². The number of halogens is 1. The van der Waals surface area contributed by atoms with E-state index >= 15 is 0 Å². The summed E-state index contributed by atoms with van der Waals surface area (Å²) in [5.74, 6) is 0.484. The van der Waals surface area contributed by atoms with E-state index in [1.54, 1.807) is 24.5 Å². The molecule has 1 amide bonds. The SMILES string of the molecule is CNC(=O)Oc1ccc2ncc(I)n2c1. The second kappa shape index (κ2) is 4.05. The van der Waals surface area contributed by atoms with Crippen LogP contribution in [0.3, 0.4) is 0 Å². The van der Waals surface area contributed by atoms with Gasteiger partial charge in [-0.25, -0.2) is 9.78 Å². The lowest BCUT2D eigenvalue weighted by Gasteiger charge is -2.03. The summed E-state index contributed by atoms with van der Waals surface area (Å²) in [4.78, 5) is 15.1. The molecule has 0 unspecified atom stereocenters. The Morgan fingerprint density at radius 3 is 3.13 bits per heavy atom. The second-order valence-corrected chi connectivity index (χ2v) is 3.92. The standard InChI is InChI=1S/C9H8IN3O2/c1-11-9(14)15-6-2-3-8-12-4-7(10)13(8)5-6/h2-5H,1H3,(H,11,14). The first-order valence-corrected chi connectivity index (χ1v) is 5.31.